The highest BCUT2D eigenvalue weighted by atomic mass is 16.5. The summed E-state index contributed by atoms with van der Waals surface area (Å²) < 4.78 is 10.5. The van der Waals surface area contributed by atoms with Crippen LogP contribution < -0.4 is 10.1 Å². The SMILES string of the molecule is CCCOc1ccc(C(=O)NC2(C(=O)O)CCOC2)cc1. The Morgan fingerprint density at radius 2 is 2.10 bits per heavy atom. The number of carbonyl (C=O) groups is 2. The molecule has 6 heteroatoms. The van der Waals surface area contributed by atoms with Crippen molar-refractivity contribution in [3.05, 3.63) is 29.8 Å². The van der Waals surface area contributed by atoms with Crippen LogP contribution in [0.4, 0.5) is 0 Å². The number of nitrogens with one attached hydrogen (secondary N) is 1. The number of rotatable bonds is 6. The quantitative estimate of drug-likeness (QED) is 0.829. The molecule has 0 bridgehead atoms. The van der Waals surface area contributed by atoms with Crippen molar-refractivity contribution in [2.45, 2.75) is 25.3 Å². The number of carboxylic acids is 1. The van der Waals surface area contributed by atoms with Crippen molar-refractivity contribution in [3.63, 3.8) is 0 Å². The van der Waals surface area contributed by atoms with Gasteiger partial charge in [-0.25, -0.2) is 4.79 Å². The van der Waals surface area contributed by atoms with Crippen molar-refractivity contribution in [1.29, 1.82) is 0 Å². The topological polar surface area (TPSA) is 84.9 Å². The van der Waals surface area contributed by atoms with Gasteiger partial charge in [-0.2, -0.15) is 0 Å². The second-order valence-corrected chi connectivity index (χ2v) is 5.02. The summed E-state index contributed by atoms with van der Waals surface area (Å²) in [5, 5.41) is 11.9. The molecule has 1 amide bonds. The molecule has 1 unspecified atom stereocenters. The summed E-state index contributed by atoms with van der Waals surface area (Å²) in [6.45, 7) is 2.95. The zero-order valence-corrected chi connectivity index (χ0v) is 11.9. The molecule has 6 nitrogen and oxygen atoms in total. The molecule has 0 aromatic heterocycles. The van der Waals surface area contributed by atoms with Gasteiger partial charge in [0.15, 0.2) is 5.54 Å². The lowest BCUT2D eigenvalue weighted by Gasteiger charge is -2.23. The second kappa shape index (κ2) is 6.58. The van der Waals surface area contributed by atoms with Crippen molar-refractivity contribution >= 4 is 11.9 Å². The maximum absolute atomic E-state index is 12.2. The van der Waals surface area contributed by atoms with Gasteiger partial charge in [0.05, 0.1) is 13.2 Å². The number of carbonyl (C=O) groups excluding carboxylic acids is 1. The van der Waals surface area contributed by atoms with E-state index in [9.17, 15) is 14.7 Å². The molecule has 21 heavy (non-hydrogen) atoms. The fourth-order valence-corrected chi connectivity index (χ4v) is 2.10. The van der Waals surface area contributed by atoms with Gasteiger partial charge in [-0.3, -0.25) is 4.79 Å². The Labute approximate surface area is 123 Å². The molecular weight excluding hydrogens is 274 g/mol. The predicted octanol–water partition coefficient (Wildman–Crippen LogP) is 1.45. The molecule has 1 aliphatic rings. The molecule has 0 saturated carbocycles. The molecule has 1 fully saturated rings. The van der Waals surface area contributed by atoms with Crippen LogP contribution >= 0.6 is 0 Å². The van der Waals surface area contributed by atoms with E-state index in [4.69, 9.17) is 9.47 Å². The smallest absolute Gasteiger partial charge is 0.331 e. The van der Waals surface area contributed by atoms with E-state index in [2.05, 4.69) is 5.32 Å². The molecule has 0 spiro atoms. The van der Waals surface area contributed by atoms with Crippen LogP contribution in [0, 0.1) is 0 Å². The fraction of sp³-hybridized carbons (Fsp3) is 0.467. The third-order valence-electron chi connectivity index (χ3n) is 3.37. The molecule has 0 aliphatic carbocycles. The third-order valence-corrected chi connectivity index (χ3v) is 3.37. The standard InChI is InChI=1S/C15H19NO5/c1-2-8-21-12-5-3-11(4-6-12)13(17)16-15(14(18)19)7-9-20-10-15/h3-6H,2,7-10H2,1H3,(H,16,17)(H,18,19). The van der Waals surface area contributed by atoms with Gasteiger partial charge in [0.25, 0.3) is 5.91 Å². The normalized spacial score (nSPS) is 21.0. The summed E-state index contributed by atoms with van der Waals surface area (Å²) >= 11 is 0. The lowest BCUT2D eigenvalue weighted by Crippen LogP contribution is -2.55. The molecule has 114 valence electrons. The minimum Gasteiger partial charge on any atom is -0.494 e. The average Bonchev–Trinajstić information content (AvgIpc) is 2.95. The molecular formula is C15H19NO5. The number of hydrogen-bond acceptors (Lipinski definition) is 4. The molecule has 1 atom stereocenters. The maximum atomic E-state index is 12.2. The fourth-order valence-electron chi connectivity index (χ4n) is 2.10. The van der Waals surface area contributed by atoms with Crippen molar-refractivity contribution in [2.24, 2.45) is 0 Å². The van der Waals surface area contributed by atoms with Gasteiger partial charge in [-0.15, -0.1) is 0 Å². The van der Waals surface area contributed by atoms with E-state index in [0.717, 1.165) is 6.42 Å². The van der Waals surface area contributed by atoms with E-state index in [0.29, 0.717) is 24.5 Å². The van der Waals surface area contributed by atoms with Gasteiger partial charge in [0.1, 0.15) is 5.75 Å². The van der Waals surface area contributed by atoms with E-state index in [1.54, 1.807) is 24.3 Å². The highest BCUT2D eigenvalue weighted by Gasteiger charge is 2.44. The van der Waals surface area contributed by atoms with E-state index >= 15 is 0 Å². The molecule has 2 rings (SSSR count). The van der Waals surface area contributed by atoms with Gasteiger partial charge in [-0.1, -0.05) is 6.92 Å². The predicted molar refractivity (Wildman–Crippen MR) is 75.5 cm³/mol. The van der Waals surface area contributed by atoms with Gasteiger partial charge in [0.2, 0.25) is 0 Å². The Morgan fingerprint density at radius 3 is 2.62 bits per heavy atom. The minimum atomic E-state index is -1.32. The van der Waals surface area contributed by atoms with E-state index < -0.39 is 17.4 Å². The molecule has 1 saturated heterocycles. The third kappa shape index (κ3) is 3.52. The summed E-state index contributed by atoms with van der Waals surface area (Å²) in [4.78, 5) is 23.5. The van der Waals surface area contributed by atoms with Gasteiger partial charge in [0, 0.05) is 18.6 Å². The van der Waals surface area contributed by atoms with Crippen LogP contribution in [-0.2, 0) is 9.53 Å². The second-order valence-electron chi connectivity index (χ2n) is 5.02. The van der Waals surface area contributed by atoms with Gasteiger partial charge in [-0.05, 0) is 30.7 Å². The van der Waals surface area contributed by atoms with Crippen molar-refractivity contribution in [3.8, 4) is 5.75 Å². The van der Waals surface area contributed by atoms with E-state index in [1.807, 2.05) is 6.92 Å². The first-order chi connectivity index (χ1) is 10.1. The first-order valence-corrected chi connectivity index (χ1v) is 6.94. The molecule has 1 aliphatic heterocycles. The van der Waals surface area contributed by atoms with Crippen LogP contribution in [0.3, 0.4) is 0 Å². The Kier molecular flexibility index (Phi) is 4.80. The van der Waals surface area contributed by atoms with Crippen LogP contribution in [-0.4, -0.2) is 42.3 Å². The Balaban J connectivity index is 2.04. The maximum Gasteiger partial charge on any atom is 0.331 e. The average molecular weight is 293 g/mol. The van der Waals surface area contributed by atoms with Crippen LogP contribution in [0.2, 0.25) is 0 Å². The summed E-state index contributed by atoms with van der Waals surface area (Å²) in [7, 11) is 0. The van der Waals surface area contributed by atoms with E-state index in [-0.39, 0.29) is 13.0 Å². The Morgan fingerprint density at radius 1 is 1.38 bits per heavy atom. The van der Waals surface area contributed by atoms with Gasteiger partial charge >= 0.3 is 5.97 Å². The Hall–Kier alpha value is -2.08. The first-order valence-electron chi connectivity index (χ1n) is 6.94. The van der Waals surface area contributed by atoms with Crippen LogP contribution in [0.5, 0.6) is 5.75 Å². The first kappa shape index (κ1) is 15.3. The number of carboxylic acid groups (broad SMARTS) is 1. The molecule has 1 aromatic rings. The van der Waals surface area contributed by atoms with Gasteiger partial charge < -0.3 is 19.9 Å². The highest BCUT2D eigenvalue weighted by molar-refractivity contribution is 5.98. The van der Waals surface area contributed by atoms with Crippen LogP contribution in [0.15, 0.2) is 24.3 Å². The number of amides is 1. The zero-order valence-electron chi connectivity index (χ0n) is 11.9. The van der Waals surface area contributed by atoms with Crippen LogP contribution in [0.25, 0.3) is 0 Å². The van der Waals surface area contributed by atoms with Crippen molar-refractivity contribution in [2.75, 3.05) is 19.8 Å². The summed E-state index contributed by atoms with van der Waals surface area (Å²) in [5.41, 5.74) is -0.930. The summed E-state index contributed by atoms with van der Waals surface area (Å²) in [6.07, 6.45) is 1.18. The summed E-state index contributed by atoms with van der Waals surface area (Å²) in [6, 6.07) is 6.63. The van der Waals surface area contributed by atoms with Crippen LogP contribution in [0.1, 0.15) is 30.1 Å². The lowest BCUT2D eigenvalue weighted by molar-refractivity contribution is -0.144. The lowest BCUT2D eigenvalue weighted by atomic mass is 9.98. The zero-order chi connectivity index (χ0) is 15.3. The van der Waals surface area contributed by atoms with E-state index in [1.165, 1.54) is 0 Å². The number of hydrogen-bond donors (Lipinski definition) is 2. The van der Waals surface area contributed by atoms with Crippen molar-refractivity contribution in [1.82, 2.24) is 5.32 Å². The number of aliphatic carboxylic acids is 1. The highest BCUT2D eigenvalue weighted by Crippen LogP contribution is 2.20. The number of ether oxygens (including phenoxy) is 2. The minimum absolute atomic E-state index is 0.00817. The Bertz CT molecular complexity index is 505. The molecule has 0 radical (unpaired) electrons. The monoisotopic (exact) mass is 293 g/mol. The van der Waals surface area contributed by atoms with Crippen molar-refractivity contribution < 1.29 is 24.2 Å². The molecule has 1 aromatic carbocycles. The summed E-state index contributed by atoms with van der Waals surface area (Å²) in [5.74, 6) is -0.813. The largest absolute Gasteiger partial charge is 0.494 e. The molecule has 1 heterocycles. The number of benzene rings is 1. The molecule has 2 N–H and O–H groups in total.